The Morgan fingerprint density at radius 1 is 1.00 bits per heavy atom. The van der Waals surface area contributed by atoms with Gasteiger partial charge in [-0.3, -0.25) is 9.59 Å². The third kappa shape index (κ3) is 9.78. The van der Waals surface area contributed by atoms with E-state index in [0.717, 1.165) is 37.7 Å². The number of carbonyl (C=O) groups is 3. The lowest BCUT2D eigenvalue weighted by Gasteiger charge is -2.21. The van der Waals surface area contributed by atoms with Crippen LogP contribution in [0.15, 0.2) is 30.3 Å². The Morgan fingerprint density at radius 2 is 1.68 bits per heavy atom. The molecule has 0 aliphatic carbocycles. The number of benzene rings is 1. The van der Waals surface area contributed by atoms with Crippen molar-refractivity contribution < 1.29 is 19.5 Å². The molecule has 1 aromatic carbocycles. The fraction of sp³-hybridized carbons (Fsp3) is 0.571. The summed E-state index contributed by atoms with van der Waals surface area (Å²) in [4.78, 5) is 36.3. The molecular weight excluding hydrogens is 376 g/mol. The molecule has 2 atom stereocenters. The topological polar surface area (TPSA) is 95.5 Å². The Morgan fingerprint density at radius 3 is 2.29 bits per heavy atom. The molecule has 0 spiro atoms. The Hall–Kier alpha value is -2.02. The maximum absolute atomic E-state index is 12.6. The Labute approximate surface area is 172 Å². The highest BCUT2D eigenvalue weighted by molar-refractivity contribution is 7.80. The van der Waals surface area contributed by atoms with Crippen LogP contribution in [-0.4, -0.2) is 40.7 Å². The average molecular weight is 409 g/mol. The van der Waals surface area contributed by atoms with Gasteiger partial charge in [-0.15, -0.1) is 0 Å². The van der Waals surface area contributed by atoms with Crippen molar-refractivity contribution in [3.05, 3.63) is 35.9 Å². The first-order valence-corrected chi connectivity index (χ1v) is 10.6. The van der Waals surface area contributed by atoms with E-state index >= 15 is 0 Å². The molecule has 0 fully saturated rings. The number of carboxylic acids is 1. The van der Waals surface area contributed by atoms with E-state index in [9.17, 15) is 19.5 Å². The van der Waals surface area contributed by atoms with E-state index in [1.54, 1.807) is 0 Å². The van der Waals surface area contributed by atoms with Gasteiger partial charge in [0.2, 0.25) is 11.8 Å². The van der Waals surface area contributed by atoms with Crippen molar-refractivity contribution in [3.8, 4) is 0 Å². The summed E-state index contributed by atoms with van der Waals surface area (Å²) in [7, 11) is 0. The van der Waals surface area contributed by atoms with Gasteiger partial charge in [0.1, 0.15) is 12.1 Å². The van der Waals surface area contributed by atoms with Gasteiger partial charge < -0.3 is 15.7 Å². The molecule has 3 N–H and O–H groups in total. The molecule has 1 rings (SSSR count). The van der Waals surface area contributed by atoms with Gasteiger partial charge in [-0.05, 0) is 24.2 Å². The molecule has 0 saturated heterocycles. The van der Waals surface area contributed by atoms with E-state index in [1.165, 1.54) is 0 Å². The first kappa shape index (κ1) is 24.0. The zero-order valence-electron chi connectivity index (χ0n) is 16.5. The SMILES string of the molecule is CCCCCCCC(=O)NC(CCS)C(=O)N[C@H](Cc1ccccc1)C(=O)O. The third-order valence-electron chi connectivity index (χ3n) is 4.47. The standard InChI is InChI=1S/C21H32N2O4S/c1-2-3-4-5-9-12-19(24)22-17(13-14-28)20(25)23-18(21(26)27)15-16-10-7-6-8-11-16/h6-8,10-11,17-18,28H,2-5,9,12-15H2,1H3,(H,22,24)(H,23,25)(H,26,27)/t17?,18-/m1/s1. The highest BCUT2D eigenvalue weighted by Crippen LogP contribution is 2.07. The number of hydrogen-bond donors (Lipinski definition) is 4. The van der Waals surface area contributed by atoms with Gasteiger partial charge in [0.25, 0.3) is 0 Å². The summed E-state index contributed by atoms with van der Waals surface area (Å²) >= 11 is 4.15. The van der Waals surface area contributed by atoms with E-state index in [-0.39, 0.29) is 12.3 Å². The minimum atomic E-state index is -1.11. The number of rotatable bonds is 14. The zero-order chi connectivity index (χ0) is 20.8. The predicted molar refractivity (Wildman–Crippen MR) is 113 cm³/mol. The molecule has 1 aromatic rings. The molecule has 0 saturated carbocycles. The summed E-state index contributed by atoms with van der Waals surface area (Å²) in [5.41, 5.74) is 0.817. The van der Waals surface area contributed by atoms with E-state index in [0.29, 0.717) is 18.6 Å². The van der Waals surface area contributed by atoms with Crippen molar-refractivity contribution in [2.75, 3.05) is 5.75 Å². The van der Waals surface area contributed by atoms with Crippen LogP contribution < -0.4 is 10.6 Å². The first-order valence-electron chi connectivity index (χ1n) is 9.95. The minimum absolute atomic E-state index is 0.181. The maximum Gasteiger partial charge on any atom is 0.326 e. The molecule has 7 heteroatoms. The molecule has 0 aliphatic rings. The molecule has 0 aromatic heterocycles. The summed E-state index contributed by atoms with van der Waals surface area (Å²) in [6.07, 6.45) is 6.07. The van der Waals surface area contributed by atoms with Crippen LogP contribution in [0.1, 0.15) is 57.4 Å². The van der Waals surface area contributed by atoms with E-state index in [1.807, 2.05) is 30.3 Å². The van der Waals surface area contributed by atoms with Crippen LogP contribution in [0.2, 0.25) is 0 Å². The number of hydrogen-bond acceptors (Lipinski definition) is 4. The van der Waals surface area contributed by atoms with Gasteiger partial charge in [-0.25, -0.2) is 4.79 Å². The smallest absolute Gasteiger partial charge is 0.326 e. The molecule has 156 valence electrons. The lowest BCUT2D eigenvalue weighted by molar-refractivity contribution is -0.142. The predicted octanol–water partition coefficient (Wildman–Crippen LogP) is 2.96. The van der Waals surface area contributed by atoms with Crippen molar-refractivity contribution in [2.45, 2.75) is 70.4 Å². The molecule has 0 radical (unpaired) electrons. The maximum atomic E-state index is 12.6. The first-order chi connectivity index (χ1) is 13.5. The van der Waals surface area contributed by atoms with Crippen LogP contribution in [0, 0.1) is 0 Å². The summed E-state index contributed by atoms with van der Waals surface area (Å²) in [5.74, 6) is -1.38. The molecule has 2 amide bonds. The van der Waals surface area contributed by atoms with Gasteiger partial charge >= 0.3 is 5.97 Å². The normalized spacial score (nSPS) is 12.8. The highest BCUT2D eigenvalue weighted by Gasteiger charge is 2.26. The van der Waals surface area contributed by atoms with Crippen molar-refractivity contribution in [1.29, 1.82) is 0 Å². The number of thiol groups is 1. The zero-order valence-corrected chi connectivity index (χ0v) is 17.4. The number of carbonyl (C=O) groups excluding carboxylic acids is 2. The summed E-state index contributed by atoms with van der Waals surface area (Å²) in [6, 6.07) is 7.28. The molecule has 0 bridgehead atoms. The quantitative estimate of drug-likeness (QED) is 0.281. The molecule has 1 unspecified atom stereocenters. The lowest BCUT2D eigenvalue weighted by atomic mass is 10.1. The summed E-state index contributed by atoms with van der Waals surface area (Å²) in [5, 5.41) is 14.7. The molecule has 0 heterocycles. The average Bonchev–Trinajstić information content (AvgIpc) is 2.67. The van der Waals surface area contributed by atoms with Crippen LogP contribution in [0.5, 0.6) is 0 Å². The van der Waals surface area contributed by atoms with Gasteiger partial charge in [0.05, 0.1) is 0 Å². The monoisotopic (exact) mass is 408 g/mol. The van der Waals surface area contributed by atoms with Crippen molar-refractivity contribution in [1.82, 2.24) is 10.6 Å². The van der Waals surface area contributed by atoms with Gasteiger partial charge in [-0.1, -0.05) is 62.9 Å². The van der Waals surface area contributed by atoms with Gasteiger partial charge in [0.15, 0.2) is 0 Å². The Bertz CT molecular complexity index is 610. The van der Waals surface area contributed by atoms with Crippen molar-refractivity contribution >= 4 is 30.4 Å². The van der Waals surface area contributed by atoms with E-state index in [4.69, 9.17) is 0 Å². The summed E-state index contributed by atoms with van der Waals surface area (Å²) in [6.45, 7) is 2.13. The molecule has 6 nitrogen and oxygen atoms in total. The third-order valence-corrected chi connectivity index (χ3v) is 4.73. The number of amides is 2. The highest BCUT2D eigenvalue weighted by atomic mass is 32.1. The largest absolute Gasteiger partial charge is 0.480 e. The number of aliphatic carboxylic acids is 1. The number of unbranched alkanes of at least 4 members (excludes halogenated alkanes) is 4. The second-order valence-corrected chi connectivity index (χ2v) is 7.33. The van der Waals surface area contributed by atoms with Crippen LogP contribution >= 0.6 is 12.6 Å². The lowest BCUT2D eigenvalue weighted by Crippen LogP contribution is -2.52. The minimum Gasteiger partial charge on any atom is -0.480 e. The van der Waals surface area contributed by atoms with Crippen LogP contribution in [0.25, 0.3) is 0 Å². The molecule has 28 heavy (non-hydrogen) atoms. The van der Waals surface area contributed by atoms with E-state index < -0.39 is 24.0 Å². The van der Waals surface area contributed by atoms with E-state index in [2.05, 4.69) is 30.2 Å². The fourth-order valence-electron chi connectivity index (χ4n) is 2.88. The van der Waals surface area contributed by atoms with Gasteiger partial charge in [0, 0.05) is 12.8 Å². The van der Waals surface area contributed by atoms with Crippen LogP contribution in [0.4, 0.5) is 0 Å². The van der Waals surface area contributed by atoms with Crippen LogP contribution in [0.3, 0.4) is 0 Å². The van der Waals surface area contributed by atoms with Crippen molar-refractivity contribution in [2.24, 2.45) is 0 Å². The van der Waals surface area contributed by atoms with Crippen LogP contribution in [-0.2, 0) is 20.8 Å². The van der Waals surface area contributed by atoms with Crippen molar-refractivity contribution in [3.63, 3.8) is 0 Å². The summed E-state index contributed by atoms with van der Waals surface area (Å²) < 4.78 is 0. The molecular formula is C21H32N2O4S. The van der Waals surface area contributed by atoms with Gasteiger partial charge in [-0.2, -0.15) is 12.6 Å². The Kier molecular flexibility index (Phi) is 12.0. The molecule has 0 aliphatic heterocycles. The number of nitrogens with one attached hydrogen (secondary N) is 2. The Balaban J connectivity index is 2.58. The number of carboxylic acid groups (broad SMARTS) is 1. The second-order valence-electron chi connectivity index (χ2n) is 6.89. The second kappa shape index (κ2) is 14.0. The fourth-order valence-corrected chi connectivity index (χ4v) is 3.13.